The van der Waals surface area contributed by atoms with E-state index in [1.165, 1.54) is 0 Å². The fourth-order valence-electron chi connectivity index (χ4n) is 2.89. The molecule has 2 atom stereocenters. The summed E-state index contributed by atoms with van der Waals surface area (Å²) in [4.78, 5) is 0. The smallest absolute Gasteiger partial charge is 0.404 e. The second kappa shape index (κ2) is 14.2. The molecule has 156 valence electrons. The van der Waals surface area contributed by atoms with Crippen LogP contribution in [0.1, 0.15) is 79.1 Å². The fraction of sp³-hybridized carbons (Fsp3) is 0.727. The molecule has 1 aromatic rings. The number of phosphoric acid groups is 1. The molecule has 0 unspecified atom stereocenters. The summed E-state index contributed by atoms with van der Waals surface area (Å²) in [5.74, 6) is 1.27. The van der Waals surface area contributed by atoms with Crippen molar-refractivity contribution in [2.24, 2.45) is 11.8 Å². The molecule has 0 saturated heterocycles. The maximum absolute atomic E-state index is 13.3. The third-order valence-electron chi connectivity index (χ3n) is 4.98. The predicted molar refractivity (Wildman–Crippen MR) is 113 cm³/mol. The molecule has 0 saturated carbocycles. The van der Waals surface area contributed by atoms with Gasteiger partial charge >= 0.3 is 7.82 Å². The Kier molecular flexibility index (Phi) is 12.7. The van der Waals surface area contributed by atoms with Crippen LogP contribution in [0.2, 0.25) is 0 Å². The van der Waals surface area contributed by atoms with E-state index in [0.29, 0.717) is 30.8 Å². The van der Waals surface area contributed by atoms with Crippen LogP contribution < -0.4 is 4.52 Å². The Morgan fingerprint density at radius 3 is 1.70 bits per heavy atom. The number of phosphoric ester groups is 1. The number of hydrogen-bond donors (Lipinski definition) is 0. The minimum atomic E-state index is -3.64. The molecule has 0 amide bonds. The number of unbranched alkanes of at least 4 members (excludes halogenated alkanes) is 2. The van der Waals surface area contributed by atoms with Gasteiger partial charge in [0.25, 0.3) is 0 Å². The van der Waals surface area contributed by atoms with Gasteiger partial charge in [-0.1, -0.05) is 84.4 Å². The zero-order valence-corrected chi connectivity index (χ0v) is 18.6. The second-order valence-electron chi connectivity index (χ2n) is 7.28. The Labute approximate surface area is 166 Å². The van der Waals surface area contributed by atoms with E-state index in [0.717, 1.165) is 51.4 Å². The van der Waals surface area contributed by atoms with Gasteiger partial charge in [-0.05, 0) is 36.8 Å². The molecule has 0 spiro atoms. The largest absolute Gasteiger partial charge is 0.530 e. The summed E-state index contributed by atoms with van der Waals surface area (Å²) in [6.07, 6.45) is 8.77. The molecule has 0 aliphatic heterocycles. The SMILES string of the molecule is CCCC[C@H](CC)COP(=O)(OC[C@@H](CC)CCCC)Oc1ccccc1. The third kappa shape index (κ3) is 10.3. The summed E-state index contributed by atoms with van der Waals surface area (Å²) in [6.45, 7) is 9.47. The van der Waals surface area contributed by atoms with Crippen LogP contribution >= 0.6 is 7.82 Å². The number of para-hydroxylation sites is 1. The second-order valence-corrected chi connectivity index (χ2v) is 8.87. The monoisotopic (exact) mass is 398 g/mol. The molecule has 0 bridgehead atoms. The fourth-order valence-corrected chi connectivity index (χ4v) is 4.24. The van der Waals surface area contributed by atoms with Crippen LogP contribution in [0.5, 0.6) is 5.75 Å². The normalized spacial score (nSPS) is 14.1. The first-order valence-corrected chi connectivity index (χ1v) is 12.2. The molecule has 0 radical (unpaired) electrons. The van der Waals surface area contributed by atoms with E-state index in [4.69, 9.17) is 13.6 Å². The Hall–Kier alpha value is -0.830. The Bertz CT molecular complexity index is 496. The molecule has 0 aliphatic carbocycles. The highest BCUT2D eigenvalue weighted by atomic mass is 31.2. The van der Waals surface area contributed by atoms with Crippen molar-refractivity contribution in [3.63, 3.8) is 0 Å². The van der Waals surface area contributed by atoms with E-state index < -0.39 is 7.82 Å². The molecule has 27 heavy (non-hydrogen) atoms. The Morgan fingerprint density at radius 1 is 0.815 bits per heavy atom. The van der Waals surface area contributed by atoms with Crippen molar-refractivity contribution < 1.29 is 18.1 Å². The zero-order chi connectivity index (χ0) is 20.0. The van der Waals surface area contributed by atoms with Gasteiger partial charge in [-0.15, -0.1) is 0 Å². The molecule has 0 N–H and O–H groups in total. The van der Waals surface area contributed by atoms with E-state index in [1.54, 1.807) is 12.1 Å². The van der Waals surface area contributed by atoms with Crippen molar-refractivity contribution in [1.82, 2.24) is 0 Å². The summed E-state index contributed by atoms with van der Waals surface area (Å²) in [5.41, 5.74) is 0. The molecule has 1 rings (SSSR count). The Morgan fingerprint density at radius 2 is 1.30 bits per heavy atom. The average Bonchev–Trinajstić information content (AvgIpc) is 2.69. The molecule has 0 aromatic heterocycles. The van der Waals surface area contributed by atoms with Crippen LogP contribution in [0.3, 0.4) is 0 Å². The highest BCUT2D eigenvalue weighted by Crippen LogP contribution is 2.50. The standard InChI is InChI=1S/C22H39O4P/c1-5-9-14-20(7-3)18-24-27(23,26-22-16-12-11-13-17-22)25-19-21(8-4)15-10-6-2/h11-13,16-17,20-21H,5-10,14-15,18-19H2,1-4H3/t20-,21-/m0/s1. The molecule has 0 fully saturated rings. The van der Waals surface area contributed by atoms with Gasteiger partial charge in [-0.25, -0.2) is 4.57 Å². The van der Waals surface area contributed by atoms with Crippen LogP contribution in [0, 0.1) is 11.8 Å². The zero-order valence-electron chi connectivity index (χ0n) is 17.7. The molecular formula is C22H39O4P. The molecule has 5 heteroatoms. The number of benzene rings is 1. The summed E-state index contributed by atoms with van der Waals surface area (Å²) in [5, 5.41) is 0. The number of hydrogen-bond acceptors (Lipinski definition) is 4. The van der Waals surface area contributed by atoms with Gasteiger partial charge < -0.3 is 4.52 Å². The van der Waals surface area contributed by atoms with Gasteiger partial charge in [-0.3, -0.25) is 9.05 Å². The summed E-state index contributed by atoms with van der Waals surface area (Å²) >= 11 is 0. The maximum atomic E-state index is 13.3. The van der Waals surface area contributed by atoms with Crippen LogP contribution in [0.15, 0.2) is 30.3 Å². The topological polar surface area (TPSA) is 44.8 Å². The molecular weight excluding hydrogens is 359 g/mol. The van der Waals surface area contributed by atoms with E-state index in [1.807, 2.05) is 18.2 Å². The van der Waals surface area contributed by atoms with E-state index >= 15 is 0 Å². The van der Waals surface area contributed by atoms with Crippen LogP contribution in [-0.4, -0.2) is 13.2 Å². The predicted octanol–water partition coefficient (Wildman–Crippen LogP) is 7.64. The van der Waals surface area contributed by atoms with E-state index in [-0.39, 0.29) is 0 Å². The highest BCUT2D eigenvalue weighted by molar-refractivity contribution is 7.48. The first-order valence-electron chi connectivity index (χ1n) is 10.7. The molecule has 0 heterocycles. The third-order valence-corrected chi connectivity index (χ3v) is 6.35. The van der Waals surface area contributed by atoms with Gasteiger partial charge in [0.05, 0.1) is 13.2 Å². The lowest BCUT2D eigenvalue weighted by atomic mass is 10.0. The van der Waals surface area contributed by atoms with Gasteiger partial charge in [0.15, 0.2) is 0 Å². The summed E-state index contributed by atoms with van der Waals surface area (Å²) in [6, 6.07) is 9.16. The van der Waals surface area contributed by atoms with Crippen molar-refractivity contribution in [1.29, 1.82) is 0 Å². The van der Waals surface area contributed by atoms with Crippen molar-refractivity contribution in [2.45, 2.75) is 79.1 Å². The van der Waals surface area contributed by atoms with Crippen molar-refractivity contribution in [2.75, 3.05) is 13.2 Å². The summed E-state index contributed by atoms with van der Waals surface area (Å²) in [7, 11) is -3.64. The van der Waals surface area contributed by atoms with Gasteiger partial charge in [0, 0.05) is 0 Å². The van der Waals surface area contributed by atoms with Crippen molar-refractivity contribution in [3.8, 4) is 5.75 Å². The van der Waals surface area contributed by atoms with Gasteiger partial charge in [0.2, 0.25) is 0 Å². The first kappa shape index (κ1) is 24.2. The molecule has 0 aliphatic rings. The van der Waals surface area contributed by atoms with E-state index in [2.05, 4.69) is 27.7 Å². The quantitative estimate of drug-likeness (QED) is 0.268. The highest BCUT2D eigenvalue weighted by Gasteiger charge is 2.31. The van der Waals surface area contributed by atoms with E-state index in [9.17, 15) is 4.57 Å². The van der Waals surface area contributed by atoms with Crippen molar-refractivity contribution in [3.05, 3.63) is 30.3 Å². The van der Waals surface area contributed by atoms with Crippen LogP contribution in [0.25, 0.3) is 0 Å². The summed E-state index contributed by atoms with van der Waals surface area (Å²) < 4.78 is 30.6. The lowest BCUT2D eigenvalue weighted by Gasteiger charge is -2.23. The number of rotatable bonds is 16. The minimum absolute atomic E-state index is 0.378. The van der Waals surface area contributed by atoms with Crippen LogP contribution in [0.4, 0.5) is 0 Å². The average molecular weight is 399 g/mol. The van der Waals surface area contributed by atoms with Crippen LogP contribution in [-0.2, 0) is 13.6 Å². The Balaban J connectivity index is 2.74. The van der Waals surface area contributed by atoms with Gasteiger partial charge in [-0.2, -0.15) is 0 Å². The molecule has 1 aromatic carbocycles. The molecule has 4 nitrogen and oxygen atoms in total. The van der Waals surface area contributed by atoms with Gasteiger partial charge in [0.1, 0.15) is 5.75 Å². The van der Waals surface area contributed by atoms with Crippen molar-refractivity contribution >= 4 is 7.82 Å². The minimum Gasteiger partial charge on any atom is -0.404 e. The maximum Gasteiger partial charge on any atom is 0.530 e. The first-order chi connectivity index (χ1) is 13.1. The lowest BCUT2D eigenvalue weighted by molar-refractivity contribution is 0.115. The lowest BCUT2D eigenvalue weighted by Crippen LogP contribution is -2.14.